The van der Waals surface area contributed by atoms with Crippen LogP contribution < -0.4 is 4.43 Å². The number of alkyl halides is 2. The van der Waals surface area contributed by atoms with E-state index < -0.39 is 8.32 Å². The van der Waals surface area contributed by atoms with Crippen LogP contribution in [0.1, 0.15) is 18.4 Å². The van der Waals surface area contributed by atoms with Crippen molar-refractivity contribution in [3.05, 3.63) is 29.8 Å². The molecule has 1 rings (SSSR count). The van der Waals surface area contributed by atoms with Gasteiger partial charge < -0.3 is 4.43 Å². The summed E-state index contributed by atoms with van der Waals surface area (Å²) in [5.41, 5.74) is 1.30. The molecule has 1 atom stereocenters. The Kier molecular flexibility index (Phi) is 6.25. The summed E-state index contributed by atoms with van der Waals surface area (Å²) in [6, 6.07) is 9.40. The second-order valence-corrected chi connectivity index (χ2v) is 13.0. The first kappa shape index (κ1) is 16.1. The highest BCUT2D eigenvalue weighted by Crippen LogP contribution is 2.25. The van der Waals surface area contributed by atoms with Crippen molar-refractivity contribution in [2.45, 2.75) is 43.0 Å². The van der Waals surface area contributed by atoms with Gasteiger partial charge in [-0.25, -0.2) is 0 Å². The first-order chi connectivity index (χ1) is 8.28. The van der Waals surface area contributed by atoms with Gasteiger partial charge in [0.25, 0.3) is 0 Å². The molecule has 1 aromatic carbocycles. The fourth-order valence-corrected chi connectivity index (χ4v) is 3.76. The maximum atomic E-state index is 6.01. The van der Waals surface area contributed by atoms with Gasteiger partial charge in [-0.05, 0) is 43.3 Å². The predicted molar refractivity (Wildman–Crippen MR) is 84.9 cm³/mol. The largest absolute Gasteiger partial charge is 0.544 e. The molecule has 0 aliphatic heterocycles. The smallest absolute Gasteiger partial charge is 0.242 e. The topological polar surface area (TPSA) is 9.23 Å². The van der Waals surface area contributed by atoms with E-state index >= 15 is 0 Å². The third-order valence-corrected chi connectivity index (χ3v) is 5.36. The Balaban J connectivity index is 2.69. The van der Waals surface area contributed by atoms with Crippen molar-refractivity contribution >= 4 is 41.0 Å². The van der Waals surface area contributed by atoms with Gasteiger partial charge in [0.1, 0.15) is 5.75 Å². The molecule has 0 amide bonds. The molecule has 1 nitrogen and oxygen atoms in total. The minimum absolute atomic E-state index is 0.242. The second kappa shape index (κ2) is 6.99. The highest BCUT2D eigenvalue weighted by Gasteiger charge is 2.17. The molecule has 0 aromatic heterocycles. The van der Waals surface area contributed by atoms with Crippen LogP contribution in [0, 0.1) is 0 Å². The fourth-order valence-electron chi connectivity index (χ4n) is 1.62. The van der Waals surface area contributed by atoms with Crippen LogP contribution in [0.15, 0.2) is 24.3 Å². The van der Waals surface area contributed by atoms with Gasteiger partial charge >= 0.3 is 0 Å². The van der Waals surface area contributed by atoms with Gasteiger partial charge in [0, 0.05) is 0 Å². The monoisotopic (exact) mass is 318 g/mol. The molecule has 5 heteroatoms. The quantitative estimate of drug-likeness (QED) is 0.536. The molecule has 100 valence electrons. The van der Waals surface area contributed by atoms with E-state index in [9.17, 15) is 0 Å². The Morgan fingerprint density at radius 3 is 2.50 bits per heavy atom. The molecule has 0 heterocycles. The second-order valence-electron chi connectivity index (χ2n) is 5.40. The van der Waals surface area contributed by atoms with E-state index in [4.69, 9.17) is 27.6 Å². The molecule has 0 fully saturated rings. The van der Waals surface area contributed by atoms with E-state index in [1.165, 1.54) is 5.56 Å². The molecule has 0 aliphatic carbocycles. The first-order valence-electron chi connectivity index (χ1n) is 6.08. The van der Waals surface area contributed by atoms with E-state index in [0.717, 1.165) is 11.8 Å². The molecule has 0 N–H and O–H groups in total. The lowest BCUT2D eigenvalue weighted by molar-refractivity contribution is 0.556. The van der Waals surface area contributed by atoms with Gasteiger partial charge in [0.15, 0.2) is 0 Å². The summed E-state index contributed by atoms with van der Waals surface area (Å²) < 4.78 is 5.77. The predicted octanol–water partition coefficient (Wildman–Crippen LogP) is 4.89. The fraction of sp³-hybridized carbons (Fsp3) is 0.538. The summed E-state index contributed by atoms with van der Waals surface area (Å²) in [5.74, 6) is 1.45. The molecular formula is C13H20Cl2OSi2. The molecule has 1 unspecified atom stereocenters. The average molecular weight is 319 g/mol. The summed E-state index contributed by atoms with van der Waals surface area (Å²) in [6.45, 7) is 8.78. The molecule has 18 heavy (non-hydrogen) atoms. The first-order valence-corrected chi connectivity index (χ1v) is 11.6. The summed E-state index contributed by atoms with van der Waals surface area (Å²) in [5, 5.41) is 0. The zero-order valence-corrected chi connectivity index (χ0v) is 14.8. The third-order valence-electron chi connectivity index (χ3n) is 2.43. The van der Waals surface area contributed by atoms with Gasteiger partial charge in [-0.15, -0.1) is 23.2 Å². The average Bonchev–Trinajstić information content (AvgIpc) is 2.23. The minimum Gasteiger partial charge on any atom is -0.544 e. The van der Waals surface area contributed by atoms with Crippen LogP contribution in [-0.2, 0) is 0 Å². The highest BCUT2D eigenvalue weighted by atomic mass is 35.5. The summed E-state index contributed by atoms with van der Waals surface area (Å²) in [7, 11) is -0.953. The number of benzene rings is 1. The number of halogens is 2. The zero-order chi connectivity index (χ0) is 13.8. The van der Waals surface area contributed by atoms with Crippen LogP contribution in [0.2, 0.25) is 25.7 Å². The molecule has 1 aromatic rings. The molecule has 0 bridgehead atoms. The Morgan fingerprint density at radius 2 is 1.94 bits per heavy atom. The van der Waals surface area contributed by atoms with Crippen molar-refractivity contribution in [1.29, 1.82) is 0 Å². The maximum absolute atomic E-state index is 6.01. The van der Waals surface area contributed by atoms with Crippen LogP contribution in [0.25, 0.3) is 0 Å². The summed E-state index contributed by atoms with van der Waals surface area (Å²) in [6.07, 6.45) is 0. The molecule has 0 spiro atoms. The summed E-state index contributed by atoms with van der Waals surface area (Å²) >= 11 is 11.6. The minimum atomic E-state index is -1.53. The van der Waals surface area contributed by atoms with Crippen LogP contribution in [0.5, 0.6) is 5.75 Å². The SMILES string of the molecule is CC(C[Si]C(Cl)Cl)c1cccc(O[Si](C)(C)C)c1. The van der Waals surface area contributed by atoms with Crippen molar-refractivity contribution in [2.24, 2.45) is 0 Å². The van der Waals surface area contributed by atoms with Crippen LogP contribution >= 0.6 is 23.2 Å². The van der Waals surface area contributed by atoms with Crippen molar-refractivity contribution in [1.82, 2.24) is 0 Å². The van der Waals surface area contributed by atoms with Gasteiger partial charge in [0.2, 0.25) is 8.32 Å². The number of rotatable bonds is 6. The van der Waals surface area contributed by atoms with E-state index in [1.54, 1.807) is 0 Å². The number of hydrogen-bond acceptors (Lipinski definition) is 1. The zero-order valence-electron chi connectivity index (χ0n) is 11.3. The molecule has 0 aliphatic rings. The molecular weight excluding hydrogens is 299 g/mol. The van der Waals surface area contributed by atoms with Crippen molar-refractivity contribution in [3.8, 4) is 5.75 Å². The highest BCUT2D eigenvalue weighted by molar-refractivity contribution is 6.70. The lowest BCUT2D eigenvalue weighted by Gasteiger charge is -2.20. The van der Waals surface area contributed by atoms with Crippen LogP contribution in [0.3, 0.4) is 0 Å². The molecule has 0 saturated carbocycles. The van der Waals surface area contributed by atoms with E-state index in [0.29, 0.717) is 15.4 Å². The van der Waals surface area contributed by atoms with Crippen molar-refractivity contribution in [2.75, 3.05) is 0 Å². The molecule has 2 radical (unpaired) electrons. The van der Waals surface area contributed by atoms with Gasteiger partial charge in [-0.3, -0.25) is 0 Å². The van der Waals surface area contributed by atoms with E-state index in [1.807, 2.05) is 6.07 Å². The number of hydrogen-bond donors (Lipinski definition) is 0. The Labute approximate surface area is 124 Å². The summed E-state index contributed by atoms with van der Waals surface area (Å²) in [4.78, 5) is 0. The van der Waals surface area contributed by atoms with Crippen molar-refractivity contribution in [3.63, 3.8) is 0 Å². The van der Waals surface area contributed by atoms with Crippen LogP contribution in [0.4, 0.5) is 0 Å². The van der Waals surface area contributed by atoms with Gasteiger partial charge in [0.05, 0.1) is 14.0 Å². The normalized spacial score (nSPS) is 13.7. The van der Waals surface area contributed by atoms with Crippen LogP contribution in [-0.4, -0.2) is 22.3 Å². The third kappa shape index (κ3) is 6.27. The van der Waals surface area contributed by atoms with Crippen molar-refractivity contribution < 1.29 is 4.43 Å². The van der Waals surface area contributed by atoms with Gasteiger partial charge in [-0.2, -0.15) is 0 Å². The van der Waals surface area contributed by atoms with Gasteiger partial charge in [-0.1, -0.05) is 25.1 Å². The Morgan fingerprint density at radius 1 is 1.28 bits per heavy atom. The molecule has 0 saturated heterocycles. The standard InChI is InChI=1S/C13H20Cl2OSi2/c1-10(9-17-13(14)15)11-6-5-7-12(8-11)16-18(2,3)4/h5-8,10,13H,9H2,1-4H3. The van der Waals surface area contributed by atoms with E-state index in [-0.39, 0.29) is 4.46 Å². The Bertz CT molecular complexity index is 377. The Hall–Kier alpha value is 0.0338. The lowest BCUT2D eigenvalue weighted by Crippen LogP contribution is -2.29. The van der Waals surface area contributed by atoms with E-state index in [2.05, 4.69) is 44.8 Å². The lowest BCUT2D eigenvalue weighted by atomic mass is 10.0. The maximum Gasteiger partial charge on any atom is 0.242 e.